The maximum Gasteiger partial charge on any atom is 0.369 e. The average Bonchev–Trinajstić information content (AvgIpc) is 3.02. The van der Waals surface area contributed by atoms with Crippen molar-refractivity contribution in [3.8, 4) is 5.69 Å². The van der Waals surface area contributed by atoms with Gasteiger partial charge in [0.1, 0.15) is 6.54 Å². The summed E-state index contributed by atoms with van der Waals surface area (Å²) in [5.74, 6) is -0.324. The zero-order chi connectivity index (χ0) is 19.4. The van der Waals surface area contributed by atoms with E-state index in [1.165, 1.54) is 5.56 Å². The van der Waals surface area contributed by atoms with Crippen LogP contribution in [0.5, 0.6) is 0 Å². The molecule has 2 aromatic carbocycles. The zero-order valence-corrected chi connectivity index (χ0v) is 15.8. The van der Waals surface area contributed by atoms with Crippen molar-refractivity contribution >= 4 is 17.5 Å². The highest BCUT2D eigenvalue weighted by Crippen LogP contribution is 2.17. The highest BCUT2D eigenvalue weighted by molar-refractivity contribution is 6.32. The van der Waals surface area contributed by atoms with Crippen molar-refractivity contribution in [3.05, 3.63) is 75.2 Å². The summed E-state index contributed by atoms with van der Waals surface area (Å²) in [5, 5.41) is 10.8. The van der Waals surface area contributed by atoms with Crippen LogP contribution >= 0.6 is 11.6 Å². The van der Waals surface area contributed by atoms with Gasteiger partial charge in [0.2, 0.25) is 5.91 Å². The van der Waals surface area contributed by atoms with Gasteiger partial charge in [-0.3, -0.25) is 4.79 Å². The van der Waals surface area contributed by atoms with E-state index in [-0.39, 0.29) is 18.5 Å². The van der Waals surface area contributed by atoms with Crippen LogP contribution in [0.25, 0.3) is 5.69 Å². The van der Waals surface area contributed by atoms with Crippen LogP contribution in [0.2, 0.25) is 5.02 Å². The largest absolute Gasteiger partial charge is 0.369 e. The van der Waals surface area contributed by atoms with Gasteiger partial charge in [0, 0.05) is 0 Å². The Morgan fingerprint density at radius 1 is 1.15 bits per heavy atom. The summed E-state index contributed by atoms with van der Waals surface area (Å²) in [6.07, 6.45) is 0.963. The van der Waals surface area contributed by atoms with Gasteiger partial charge >= 0.3 is 5.69 Å². The molecule has 0 radical (unpaired) electrons. The molecule has 3 aromatic rings. The highest BCUT2D eigenvalue weighted by atomic mass is 35.5. The molecule has 0 spiro atoms. The molecule has 1 heterocycles. The maximum atomic E-state index is 12.4. The van der Waals surface area contributed by atoms with E-state index in [0.717, 1.165) is 21.3 Å². The highest BCUT2D eigenvalue weighted by Gasteiger charge is 2.15. The number of nitrogens with one attached hydrogen (secondary N) is 1. The van der Waals surface area contributed by atoms with Crippen LogP contribution in [-0.2, 0) is 17.8 Å². The first-order valence-electron chi connectivity index (χ1n) is 8.65. The molecule has 0 saturated carbocycles. The van der Waals surface area contributed by atoms with E-state index in [0.29, 0.717) is 10.7 Å². The predicted molar refractivity (Wildman–Crippen MR) is 103 cm³/mol. The quantitative estimate of drug-likeness (QED) is 0.706. The second-order valence-electron chi connectivity index (χ2n) is 6.17. The molecule has 7 nitrogen and oxygen atoms in total. The Morgan fingerprint density at radius 3 is 2.52 bits per heavy atom. The molecule has 0 aliphatic carbocycles. The van der Waals surface area contributed by atoms with Gasteiger partial charge in [-0.05, 0) is 47.0 Å². The maximum absolute atomic E-state index is 12.4. The number of hydrogen-bond acceptors (Lipinski definition) is 4. The minimum absolute atomic E-state index is 0.183. The van der Waals surface area contributed by atoms with Gasteiger partial charge < -0.3 is 5.32 Å². The van der Waals surface area contributed by atoms with Gasteiger partial charge in [-0.2, -0.15) is 9.36 Å². The van der Waals surface area contributed by atoms with E-state index in [4.69, 9.17) is 11.6 Å². The Labute approximate surface area is 161 Å². The number of tetrazole rings is 1. The van der Waals surface area contributed by atoms with Crippen LogP contribution in [0.1, 0.15) is 31.0 Å². The number of rotatable bonds is 6. The third-order valence-electron chi connectivity index (χ3n) is 4.28. The lowest BCUT2D eigenvalue weighted by molar-refractivity contribution is -0.122. The number of amides is 1. The number of aryl methyl sites for hydroxylation is 1. The van der Waals surface area contributed by atoms with E-state index < -0.39 is 5.69 Å². The van der Waals surface area contributed by atoms with Gasteiger partial charge in [-0.15, -0.1) is 0 Å². The number of hydrogen-bond donors (Lipinski definition) is 1. The summed E-state index contributed by atoms with van der Waals surface area (Å²) in [6, 6.07) is 14.7. The molecule has 1 amide bonds. The van der Waals surface area contributed by atoms with E-state index in [2.05, 4.69) is 22.7 Å². The molecule has 0 aliphatic heterocycles. The minimum atomic E-state index is -0.529. The van der Waals surface area contributed by atoms with E-state index >= 15 is 0 Å². The standard InChI is InChI=1S/C19H20ClN5O2/c1-3-14-8-10-15(11-9-14)13(2)21-18(26)12-24-19(27)25(23-22-24)17-7-5-4-6-16(17)20/h4-11,13H,3,12H2,1-2H3,(H,21,26)/t13-/m1/s1. The lowest BCUT2D eigenvalue weighted by Crippen LogP contribution is -2.34. The van der Waals surface area contributed by atoms with Gasteiger partial charge in [-0.1, -0.05) is 54.9 Å². The van der Waals surface area contributed by atoms with E-state index in [9.17, 15) is 9.59 Å². The number of halogens is 1. The fourth-order valence-electron chi connectivity index (χ4n) is 2.70. The third kappa shape index (κ3) is 4.25. The molecule has 0 saturated heterocycles. The van der Waals surface area contributed by atoms with Crippen molar-refractivity contribution in [2.45, 2.75) is 32.9 Å². The SMILES string of the molecule is CCc1ccc([C@@H](C)NC(=O)Cn2nnn(-c3ccccc3Cl)c2=O)cc1. The third-order valence-corrected chi connectivity index (χ3v) is 4.60. The average molecular weight is 386 g/mol. The summed E-state index contributed by atoms with van der Waals surface area (Å²) < 4.78 is 2.08. The Morgan fingerprint density at radius 2 is 1.85 bits per heavy atom. The number of nitrogens with zero attached hydrogens (tertiary/aromatic N) is 4. The molecule has 0 bridgehead atoms. The van der Waals surface area contributed by atoms with Crippen LogP contribution in [-0.4, -0.2) is 25.7 Å². The zero-order valence-electron chi connectivity index (χ0n) is 15.1. The first-order chi connectivity index (χ1) is 13.0. The van der Waals surface area contributed by atoms with Crippen LogP contribution in [0, 0.1) is 0 Å². The Hall–Kier alpha value is -2.93. The fourth-order valence-corrected chi connectivity index (χ4v) is 2.91. The lowest BCUT2D eigenvalue weighted by Gasteiger charge is -2.14. The van der Waals surface area contributed by atoms with E-state index in [1.807, 2.05) is 31.2 Å². The van der Waals surface area contributed by atoms with E-state index in [1.54, 1.807) is 24.3 Å². The van der Waals surface area contributed by atoms with Crippen LogP contribution in [0.15, 0.2) is 53.3 Å². The van der Waals surface area contributed by atoms with Gasteiger partial charge in [-0.25, -0.2) is 4.79 Å². The molecule has 140 valence electrons. The topological polar surface area (TPSA) is 81.8 Å². The number of benzene rings is 2. The smallest absolute Gasteiger partial charge is 0.348 e. The first kappa shape index (κ1) is 18.8. The Kier molecular flexibility index (Phi) is 5.71. The fraction of sp³-hybridized carbons (Fsp3) is 0.263. The number of carbonyl (C=O) groups is 1. The summed E-state index contributed by atoms with van der Waals surface area (Å²) in [5.41, 5.74) is 2.12. The summed E-state index contributed by atoms with van der Waals surface area (Å²) in [4.78, 5) is 24.8. The molecule has 3 rings (SSSR count). The van der Waals surface area contributed by atoms with Gasteiger partial charge in [0.05, 0.1) is 16.8 Å². The molecule has 0 fully saturated rings. The molecule has 0 aliphatic rings. The van der Waals surface area contributed by atoms with Crippen LogP contribution < -0.4 is 11.0 Å². The molecule has 0 unspecified atom stereocenters. The Balaban J connectivity index is 1.69. The number of carbonyl (C=O) groups excluding carboxylic acids is 1. The summed E-state index contributed by atoms with van der Waals surface area (Å²) in [6.45, 7) is 3.76. The summed E-state index contributed by atoms with van der Waals surface area (Å²) >= 11 is 6.09. The molecule has 1 atom stereocenters. The molecule has 27 heavy (non-hydrogen) atoms. The first-order valence-corrected chi connectivity index (χ1v) is 9.03. The van der Waals surface area contributed by atoms with Gasteiger partial charge in [0.15, 0.2) is 0 Å². The van der Waals surface area contributed by atoms with Crippen molar-refractivity contribution in [1.29, 1.82) is 0 Å². The monoisotopic (exact) mass is 385 g/mol. The predicted octanol–water partition coefficient (Wildman–Crippen LogP) is 2.52. The Bertz CT molecular complexity index is 994. The molecule has 1 N–H and O–H groups in total. The van der Waals surface area contributed by atoms with Crippen molar-refractivity contribution in [1.82, 2.24) is 25.1 Å². The molecular formula is C19H20ClN5O2. The summed E-state index contributed by atoms with van der Waals surface area (Å²) in [7, 11) is 0. The van der Waals surface area contributed by atoms with Crippen LogP contribution in [0.4, 0.5) is 0 Å². The van der Waals surface area contributed by atoms with Crippen molar-refractivity contribution in [3.63, 3.8) is 0 Å². The second-order valence-corrected chi connectivity index (χ2v) is 6.57. The van der Waals surface area contributed by atoms with Gasteiger partial charge in [0.25, 0.3) is 0 Å². The second kappa shape index (κ2) is 8.18. The molecular weight excluding hydrogens is 366 g/mol. The molecule has 1 aromatic heterocycles. The van der Waals surface area contributed by atoms with Crippen molar-refractivity contribution < 1.29 is 4.79 Å². The van der Waals surface area contributed by atoms with Crippen molar-refractivity contribution in [2.75, 3.05) is 0 Å². The lowest BCUT2D eigenvalue weighted by atomic mass is 10.1. The molecule has 8 heteroatoms. The number of para-hydroxylation sites is 1. The van der Waals surface area contributed by atoms with Crippen molar-refractivity contribution in [2.24, 2.45) is 0 Å². The van der Waals surface area contributed by atoms with Crippen LogP contribution in [0.3, 0.4) is 0 Å². The minimum Gasteiger partial charge on any atom is -0.348 e. The normalized spacial score (nSPS) is 12.0. The number of aromatic nitrogens is 4.